The SMILES string of the molecule is C[C@H]1[C@H]([Si](C)(C)F)[C@@H](CCn2cc(C(CO)c3ccccc3)nn2)O[C@]12C(=O)N(C)c1ccc(N3CCCC3=O)cc12. The molecule has 0 radical (unpaired) electrons. The summed E-state index contributed by atoms with van der Waals surface area (Å²) in [7, 11) is -1.58. The Hall–Kier alpha value is -3.41. The summed E-state index contributed by atoms with van der Waals surface area (Å²) in [6, 6.07) is 15.3. The molecule has 2 aromatic carbocycles. The van der Waals surface area contributed by atoms with Crippen LogP contribution in [-0.2, 0) is 26.5 Å². The second-order valence-corrected chi connectivity index (χ2v) is 16.1. The number of halogens is 1. The zero-order valence-corrected chi connectivity index (χ0v) is 25.5. The van der Waals surface area contributed by atoms with Gasteiger partial charge in [0.2, 0.25) is 14.3 Å². The molecule has 1 unspecified atom stereocenters. The number of aromatic nitrogens is 3. The molecule has 6 rings (SSSR count). The summed E-state index contributed by atoms with van der Waals surface area (Å²) in [5.41, 5.74) is 2.04. The normalized spacial score (nSPS) is 26.5. The van der Waals surface area contributed by atoms with Gasteiger partial charge in [-0.15, -0.1) is 5.10 Å². The van der Waals surface area contributed by atoms with Gasteiger partial charge in [0.1, 0.15) is 0 Å². The van der Waals surface area contributed by atoms with Gasteiger partial charge in [-0.3, -0.25) is 14.3 Å². The fourth-order valence-electron chi connectivity index (χ4n) is 7.40. The van der Waals surface area contributed by atoms with Crippen molar-refractivity contribution in [2.24, 2.45) is 5.92 Å². The van der Waals surface area contributed by atoms with Crippen molar-refractivity contribution in [3.63, 3.8) is 0 Å². The molecule has 2 saturated heterocycles. The third-order valence-corrected chi connectivity index (χ3v) is 11.9. The average Bonchev–Trinajstić information content (AvgIpc) is 3.72. The maximum Gasteiger partial charge on any atom is 0.264 e. The Balaban J connectivity index is 1.29. The molecule has 2 amide bonds. The van der Waals surface area contributed by atoms with E-state index in [0.717, 1.165) is 23.4 Å². The van der Waals surface area contributed by atoms with E-state index in [1.807, 2.05) is 61.7 Å². The van der Waals surface area contributed by atoms with Crippen molar-refractivity contribution in [3.8, 4) is 0 Å². The standard InChI is InChI=1S/C31H38FN5O4Si/c1-20-29(42(3,4)32)27(14-16-36-18-25(33-34-36)23(19-38)21-9-6-5-7-10-21)41-31(20)24-17-22(37-15-8-11-28(37)39)12-13-26(24)35(2)30(31)40/h5-7,9-10,12-13,17-18,20,23,27,29,38H,8,11,14-16,19H2,1-4H3/t20-,23?,27+,29-,31+/m0/s1. The van der Waals surface area contributed by atoms with Crippen molar-refractivity contribution < 1.29 is 23.5 Å². The quantitative estimate of drug-likeness (QED) is 0.309. The van der Waals surface area contributed by atoms with E-state index in [2.05, 4.69) is 10.3 Å². The molecule has 5 atom stereocenters. The number of aliphatic hydroxyl groups is 1. The van der Waals surface area contributed by atoms with E-state index in [4.69, 9.17) is 4.74 Å². The number of fused-ring (bicyclic) bond motifs is 2. The highest BCUT2D eigenvalue weighted by molar-refractivity contribution is 6.72. The van der Waals surface area contributed by atoms with Gasteiger partial charge in [-0.25, -0.2) is 0 Å². The van der Waals surface area contributed by atoms with Crippen LogP contribution in [0.1, 0.15) is 48.9 Å². The van der Waals surface area contributed by atoms with E-state index in [1.54, 1.807) is 34.6 Å². The van der Waals surface area contributed by atoms with Crippen molar-refractivity contribution in [2.75, 3.05) is 30.0 Å². The van der Waals surface area contributed by atoms with Crippen LogP contribution in [0.2, 0.25) is 18.6 Å². The van der Waals surface area contributed by atoms with Crippen molar-refractivity contribution in [1.29, 1.82) is 0 Å². The molecule has 1 aromatic heterocycles. The van der Waals surface area contributed by atoms with E-state index >= 15 is 4.11 Å². The fourth-order valence-corrected chi connectivity index (χ4v) is 9.94. The van der Waals surface area contributed by atoms with Crippen LogP contribution in [0.15, 0.2) is 54.7 Å². The summed E-state index contributed by atoms with van der Waals surface area (Å²) in [6.45, 7) is 6.28. The van der Waals surface area contributed by atoms with E-state index in [-0.39, 0.29) is 24.3 Å². The summed E-state index contributed by atoms with van der Waals surface area (Å²) >= 11 is 0. The van der Waals surface area contributed by atoms with Crippen LogP contribution in [0.25, 0.3) is 0 Å². The molecule has 4 heterocycles. The number of benzene rings is 2. The van der Waals surface area contributed by atoms with Gasteiger partial charge in [0, 0.05) is 55.5 Å². The molecule has 2 fully saturated rings. The molecule has 3 aromatic rings. The van der Waals surface area contributed by atoms with Crippen LogP contribution in [0.5, 0.6) is 0 Å². The van der Waals surface area contributed by atoms with Crippen LogP contribution >= 0.6 is 0 Å². The molecule has 1 spiro atoms. The zero-order valence-electron chi connectivity index (χ0n) is 24.5. The van der Waals surface area contributed by atoms with Crippen LogP contribution in [0.4, 0.5) is 15.5 Å². The smallest absolute Gasteiger partial charge is 0.264 e. The van der Waals surface area contributed by atoms with Gasteiger partial charge in [-0.05, 0) is 49.7 Å². The number of rotatable bonds is 8. The number of anilines is 2. The minimum atomic E-state index is -3.31. The van der Waals surface area contributed by atoms with Crippen molar-refractivity contribution in [1.82, 2.24) is 15.0 Å². The lowest BCUT2D eigenvalue weighted by Crippen LogP contribution is -2.44. The van der Waals surface area contributed by atoms with Crippen LogP contribution in [-0.4, -0.2) is 66.6 Å². The molecule has 222 valence electrons. The third kappa shape index (κ3) is 4.58. The summed E-state index contributed by atoms with van der Waals surface area (Å²) in [5, 5.41) is 18.7. The highest BCUT2D eigenvalue weighted by Crippen LogP contribution is 2.60. The highest BCUT2D eigenvalue weighted by Gasteiger charge is 2.66. The van der Waals surface area contributed by atoms with Crippen molar-refractivity contribution >= 4 is 31.6 Å². The molecule has 42 heavy (non-hydrogen) atoms. The minimum Gasteiger partial charge on any atom is -0.395 e. The first-order valence-corrected chi connectivity index (χ1v) is 17.7. The molecular formula is C31H38FN5O4Si. The Bertz CT molecular complexity index is 1490. The maximum atomic E-state index is 16.1. The van der Waals surface area contributed by atoms with Gasteiger partial charge >= 0.3 is 0 Å². The topological polar surface area (TPSA) is 101 Å². The number of nitrogens with zero attached hydrogens (tertiary/aromatic N) is 5. The number of ether oxygens (including phenoxy) is 1. The Morgan fingerprint density at radius 2 is 1.95 bits per heavy atom. The number of carbonyl (C=O) groups is 2. The second-order valence-electron chi connectivity index (χ2n) is 12.3. The lowest BCUT2D eigenvalue weighted by Gasteiger charge is -2.31. The Labute approximate surface area is 246 Å². The fraction of sp³-hybridized carbons (Fsp3) is 0.484. The first kappa shape index (κ1) is 28.7. The molecule has 3 aliphatic rings. The Morgan fingerprint density at radius 3 is 2.62 bits per heavy atom. The van der Waals surface area contributed by atoms with E-state index in [9.17, 15) is 14.7 Å². The molecular weight excluding hydrogens is 553 g/mol. The van der Waals surface area contributed by atoms with E-state index < -0.39 is 31.6 Å². The molecule has 0 aliphatic carbocycles. The largest absolute Gasteiger partial charge is 0.395 e. The number of amides is 2. The van der Waals surface area contributed by atoms with Crippen LogP contribution < -0.4 is 9.80 Å². The lowest BCUT2D eigenvalue weighted by atomic mass is 9.82. The second kappa shape index (κ2) is 10.7. The number of likely N-dealkylation sites (N-methyl/N-ethyl adjacent to an activating group) is 1. The molecule has 0 saturated carbocycles. The van der Waals surface area contributed by atoms with Gasteiger partial charge in [-0.1, -0.05) is 42.5 Å². The number of hydrogen-bond acceptors (Lipinski definition) is 6. The first-order valence-electron chi connectivity index (χ1n) is 14.7. The molecule has 0 bridgehead atoms. The van der Waals surface area contributed by atoms with Gasteiger partial charge in [0.15, 0.2) is 5.60 Å². The molecule has 3 aliphatic heterocycles. The van der Waals surface area contributed by atoms with E-state index in [0.29, 0.717) is 37.2 Å². The third-order valence-electron chi connectivity index (χ3n) is 9.40. The predicted octanol–water partition coefficient (Wildman–Crippen LogP) is 4.37. The van der Waals surface area contributed by atoms with Gasteiger partial charge in [-0.2, -0.15) is 0 Å². The van der Waals surface area contributed by atoms with Gasteiger partial charge in [0.25, 0.3) is 5.91 Å². The zero-order chi connectivity index (χ0) is 29.8. The predicted molar refractivity (Wildman–Crippen MR) is 160 cm³/mol. The Morgan fingerprint density at radius 1 is 1.19 bits per heavy atom. The summed E-state index contributed by atoms with van der Waals surface area (Å²) < 4.78 is 24.6. The van der Waals surface area contributed by atoms with Crippen LogP contribution in [0.3, 0.4) is 0 Å². The monoisotopic (exact) mass is 591 g/mol. The highest BCUT2D eigenvalue weighted by atomic mass is 28.4. The van der Waals surface area contributed by atoms with Crippen LogP contribution in [0, 0.1) is 5.92 Å². The maximum absolute atomic E-state index is 16.1. The molecule has 1 N–H and O–H groups in total. The summed E-state index contributed by atoms with van der Waals surface area (Å²) in [4.78, 5) is 29.9. The van der Waals surface area contributed by atoms with Gasteiger partial charge in [0.05, 0.1) is 30.0 Å². The molecule has 9 nitrogen and oxygen atoms in total. The van der Waals surface area contributed by atoms with Gasteiger partial charge < -0.3 is 23.8 Å². The van der Waals surface area contributed by atoms with E-state index in [1.165, 1.54) is 0 Å². The average molecular weight is 592 g/mol. The number of aryl methyl sites for hydroxylation is 1. The number of carbonyl (C=O) groups excluding carboxylic acids is 2. The Kier molecular flexibility index (Phi) is 7.31. The number of aliphatic hydroxyl groups excluding tert-OH is 1. The lowest BCUT2D eigenvalue weighted by molar-refractivity contribution is -0.145. The first-order chi connectivity index (χ1) is 20.1. The molecule has 11 heteroatoms. The minimum absolute atomic E-state index is 0.0676. The van der Waals surface area contributed by atoms with Crippen molar-refractivity contribution in [3.05, 3.63) is 71.5 Å². The van der Waals surface area contributed by atoms with Crippen molar-refractivity contribution in [2.45, 2.75) is 69.0 Å². The number of hydrogen-bond donors (Lipinski definition) is 1. The summed E-state index contributed by atoms with van der Waals surface area (Å²) in [5.74, 6) is -0.829. The summed E-state index contributed by atoms with van der Waals surface area (Å²) in [6.07, 6.45) is 3.06.